The summed E-state index contributed by atoms with van der Waals surface area (Å²) in [6.07, 6.45) is 2.10. The van der Waals surface area contributed by atoms with Gasteiger partial charge in [0.2, 0.25) is 0 Å². The molecule has 0 aromatic heterocycles. The minimum Gasteiger partial charge on any atom is -0.325 e. The highest BCUT2D eigenvalue weighted by molar-refractivity contribution is 14.1. The molecule has 4 nitrogen and oxygen atoms in total. The van der Waals surface area contributed by atoms with Crippen molar-refractivity contribution in [3.05, 3.63) is 27.8 Å². The van der Waals surface area contributed by atoms with E-state index in [1.807, 2.05) is 36.2 Å². The van der Waals surface area contributed by atoms with Crippen LogP contribution in [-0.2, 0) is 0 Å². The molecule has 0 unspecified atom stereocenters. The van der Waals surface area contributed by atoms with E-state index >= 15 is 0 Å². The molecule has 1 aliphatic heterocycles. The maximum absolute atomic E-state index is 12.2. The van der Waals surface area contributed by atoms with Crippen molar-refractivity contribution in [2.24, 2.45) is 0 Å². The van der Waals surface area contributed by atoms with E-state index in [-0.39, 0.29) is 6.03 Å². The van der Waals surface area contributed by atoms with E-state index in [0.29, 0.717) is 6.04 Å². The summed E-state index contributed by atoms with van der Waals surface area (Å²) in [7, 11) is 4.02. The summed E-state index contributed by atoms with van der Waals surface area (Å²) >= 11 is 2.23. The monoisotopic (exact) mass is 373 g/mol. The largest absolute Gasteiger partial charge is 0.325 e. The summed E-state index contributed by atoms with van der Waals surface area (Å²) < 4.78 is 1.06. The molecule has 0 radical (unpaired) electrons. The topological polar surface area (TPSA) is 35.6 Å². The normalized spacial score (nSPS) is 17.2. The number of urea groups is 1. The Bertz CT molecular complexity index is 444. The van der Waals surface area contributed by atoms with Crippen molar-refractivity contribution in [1.29, 1.82) is 0 Å². The Morgan fingerprint density at radius 2 is 2.00 bits per heavy atom. The van der Waals surface area contributed by atoms with Crippen LogP contribution >= 0.6 is 22.6 Å². The number of piperidine rings is 1. The molecule has 19 heavy (non-hydrogen) atoms. The fourth-order valence-corrected chi connectivity index (χ4v) is 2.84. The number of likely N-dealkylation sites (tertiary alicyclic amines) is 1. The zero-order chi connectivity index (χ0) is 13.8. The van der Waals surface area contributed by atoms with Crippen LogP contribution in [0.1, 0.15) is 12.8 Å². The molecule has 1 saturated heterocycles. The number of hydrogen-bond acceptors (Lipinski definition) is 2. The molecule has 5 heteroatoms. The zero-order valence-corrected chi connectivity index (χ0v) is 13.6. The van der Waals surface area contributed by atoms with Crippen molar-refractivity contribution in [2.75, 3.05) is 32.5 Å². The molecule has 1 aromatic rings. The molecule has 0 spiro atoms. The van der Waals surface area contributed by atoms with E-state index < -0.39 is 0 Å². The number of carbonyl (C=O) groups is 1. The third kappa shape index (κ3) is 3.82. The van der Waals surface area contributed by atoms with Crippen LogP contribution < -0.4 is 5.32 Å². The number of rotatable bonds is 2. The smallest absolute Gasteiger partial charge is 0.321 e. The van der Waals surface area contributed by atoms with Crippen LogP contribution in [0.15, 0.2) is 24.3 Å². The molecule has 0 atom stereocenters. The Balaban J connectivity index is 1.94. The van der Waals surface area contributed by atoms with Crippen LogP contribution in [0.3, 0.4) is 0 Å². The van der Waals surface area contributed by atoms with Crippen LogP contribution in [0.4, 0.5) is 10.5 Å². The first-order valence-corrected chi connectivity index (χ1v) is 7.62. The van der Waals surface area contributed by atoms with Crippen LogP contribution in [0, 0.1) is 3.57 Å². The lowest BCUT2D eigenvalue weighted by atomic mass is 10.0. The van der Waals surface area contributed by atoms with Crippen molar-refractivity contribution in [2.45, 2.75) is 18.9 Å². The van der Waals surface area contributed by atoms with E-state index in [4.69, 9.17) is 0 Å². The van der Waals surface area contributed by atoms with Gasteiger partial charge < -0.3 is 15.1 Å². The number of carbonyl (C=O) groups excluding carboxylic acids is 1. The van der Waals surface area contributed by atoms with Crippen molar-refractivity contribution < 1.29 is 4.79 Å². The standard InChI is InChI=1S/C14H20IN3O/c1-17-9-7-11(8-10-17)18(2)14(19)16-13-6-4-3-5-12(13)15/h3-6,11H,7-10H2,1-2H3,(H,16,19). The number of nitrogens with zero attached hydrogens (tertiary/aromatic N) is 2. The summed E-state index contributed by atoms with van der Waals surface area (Å²) in [6, 6.07) is 8.16. The molecule has 0 bridgehead atoms. The van der Waals surface area contributed by atoms with Crippen molar-refractivity contribution in [3.63, 3.8) is 0 Å². The van der Waals surface area contributed by atoms with Gasteiger partial charge in [0.15, 0.2) is 0 Å². The highest BCUT2D eigenvalue weighted by Gasteiger charge is 2.24. The maximum atomic E-state index is 12.2. The molecule has 1 aromatic carbocycles. The molecule has 1 heterocycles. The predicted molar refractivity (Wildman–Crippen MR) is 86.5 cm³/mol. The molecule has 1 fully saturated rings. The first-order valence-electron chi connectivity index (χ1n) is 6.55. The Hall–Kier alpha value is -0.820. The van der Waals surface area contributed by atoms with E-state index in [1.54, 1.807) is 0 Å². The van der Waals surface area contributed by atoms with Crippen LogP contribution in [0.25, 0.3) is 0 Å². The van der Waals surface area contributed by atoms with E-state index in [9.17, 15) is 4.79 Å². The van der Waals surface area contributed by atoms with Crippen molar-refractivity contribution >= 4 is 34.3 Å². The molecular weight excluding hydrogens is 353 g/mol. The number of anilines is 1. The van der Waals surface area contributed by atoms with Crippen molar-refractivity contribution in [1.82, 2.24) is 9.80 Å². The Kier molecular flexibility index (Phi) is 5.04. The summed E-state index contributed by atoms with van der Waals surface area (Å²) in [5, 5.41) is 2.98. The Morgan fingerprint density at radius 1 is 1.37 bits per heavy atom. The SMILES string of the molecule is CN1CCC(N(C)C(=O)Nc2ccccc2I)CC1. The van der Waals surface area contributed by atoms with Gasteiger partial charge in [0.25, 0.3) is 0 Å². The molecular formula is C14H20IN3O. The highest BCUT2D eigenvalue weighted by atomic mass is 127. The number of para-hydroxylation sites is 1. The first-order chi connectivity index (χ1) is 9.08. The zero-order valence-electron chi connectivity index (χ0n) is 11.4. The van der Waals surface area contributed by atoms with Gasteiger partial charge in [-0.3, -0.25) is 0 Å². The fourth-order valence-electron chi connectivity index (χ4n) is 2.31. The van der Waals surface area contributed by atoms with Gasteiger partial charge in [-0.25, -0.2) is 4.79 Å². The maximum Gasteiger partial charge on any atom is 0.321 e. The van der Waals surface area contributed by atoms with Gasteiger partial charge in [-0.2, -0.15) is 0 Å². The van der Waals surface area contributed by atoms with Crippen LogP contribution in [0.2, 0.25) is 0 Å². The number of benzene rings is 1. The molecule has 2 rings (SSSR count). The minimum absolute atomic E-state index is 0.0151. The molecule has 1 N–H and O–H groups in total. The van der Waals surface area contributed by atoms with Gasteiger partial charge in [-0.15, -0.1) is 0 Å². The van der Waals surface area contributed by atoms with Gasteiger partial charge in [0.05, 0.1) is 5.69 Å². The van der Waals surface area contributed by atoms with Gasteiger partial charge >= 0.3 is 6.03 Å². The lowest BCUT2D eigenvalue weighted by molar-refractivity contribution is 0.156. The third-order valence-electron chi connectivity index (χ3n) is 3.67. The van der Waals surface area contributed by atoms with Gasteiger partial charge in [0, 0.05) is 16.7 Å². The predicted octanol–water partition coefficient (Wildman–Crippen LogP) is 2.85. The van der Waals surface area contributed by atoms with Gasteiger partial charge in [-0.05, 0) is 67.7 Å². The summed E-state index contributed by atoms with van der Waals surface area (Å²) in [5.41, 5.74) is 0.882. The number of hydrogen-bond donors (Lipinski definition) is 1. The summed E-state index contributed by atoms with van der Waals surface area (Å²) in [5.74, 6) is 0. The molecule has 1 aliphatic rings. The summed E-state index contributed by atoms with van der Waals surface area (Å²) in [4.78, 5) is 16.4. The molecule has 2 amide bonds. The number of amides is 2. The van der Waals surface area contributed by atoms with E-state index in [2.05, 4.69) is 39.9 Å². The number of nitrogens with one attached hydrogen (secondary N) is 1. The fraction of sp³-hybridized carbons (Fsp3) is 0.500. The van der Waals surface area contributed by atoms with Gasteiger partial charge in [-0.1, -0.05) is 12.1 Å². The average Bonchev–Trinajstić information content (AvgIpc) is 2.41. The van der Waals surface area contributed by atoms with E-state index in [0.717, 1.165) is 35.2 Å². The average molecular weight is 373 g/mol. The second-order valence-corrected chi connectivity index (χ2v) is 6.22. The first kappa shape index (κ1) is 14.6. The Morgan fingerprint density at radius 3 is 2.63 bits per heavy atom. The second kappa shape index (κ2) is 6.56. The molecule has 104 valence electrons. The summed E-state index contributed by atoms with van der Waals surface area (Å²) in [6.45, 7) is 2.12. The van der Waals surface area contributed by atoms with Crippen LogP contribution in [-0.4, -0.2) is 49.1 Å². The lowest BCUT2D eigenvalue weighted by Gasteiger charge is -2.35. The van der Waals surface area contributed by atoms with Gasteiger partial charge in [0.1, 0.15) is 0 Å². The second-order valence-electron chi connectivity index (χ2n) is 5.06. The van der Waals surface area contributed by atoms with E-state index in [1.165, 1.54) is 0 Å². The third-order valence-corrected chi connectivity index (χ3v) is 4.61. The van der Waals surface area contributed by atoms with Crippen molar-refractivity contribution in [3.8, 4) is 0 Å². The molecule has 0 saturated carbocycles. The van der Waals surface area contributed by atoms with Crippen LogP contribution in [0.5, 0.6) is 0 Å². The highest BCUT2D eigenvalue weighted by Crippen LogP contribution is 2.19. The minimum atomic E-state index is -0.0151. The lowest BCUT2D eigenvalue weighted by Crippen LogP contribution is -2.46. The molecule has 0 aliphatic carbocycles. The quantitative estimate of drug-likeness (QED) is 0.810. The number of halogens is 1. The Labute approximate surface area is 128 Å².